The fraction of sp³-hybridized carbons (Fsp3) is 0.367. The minimum atomic E-state index is -1.13. The van der Waals surface area contributed by atoms with Gasteiger partial charge in [0.1, 0.15) is 5.69 Å². The first kappa shape index (κ1) is 27.3. The summed E-state index contributed by atoms with van der Waals surface area (Å²) in [5.41, 5.74) is 5.19. The zero-order chi connectivity index (χ0) is 28.1. The number of esters is 1. The topological polar surface area (TPSA) is 75.0 Å². The van der Waals surface area contributed by atoms with Gasteiger partial charge < -0.3 is 14.2 Å². The summed E-state index contributed by atoms with van der Waals surface area (Å²) in [6.45, 7) is 9.83. The van der Waals surface area contributed by atoms with Crippen LogP contribution in [-0.2, 0) is 20.7 Å². The first-order valence-corrected chi connectivity index (χ1v) is 13.7. The van der Waals surface area contributed by atoms with E-state index < -0.39 is 23.5 Å². The predicted molar refractivity (Wildman–Crippen MR) is 150 cm³/mol. The minimum Gasteiger partial charge on any atom is -0.490 e. The summed E-state index contributed by atoms with van der Waals surface area (Å²) >= 11 is 3.71. The van der Waals surface area contributed by atoms with E-state index >= 15 is 4.39 Å². The average Bonchev–Trinajstić information content (AvgIpc) is 3.24. The van der Waals surface area contributed by atoms with Crippen molar-refractivity contribution in [1.82, 2.24) is 14.6 Å². The molecular weight excluding hydrogens is 565 g/mol. The number of carbonyl (C=O) groups is 1. The number of aryl methyl sites for hydroxylation is 1. The van der Waals surface area contributed by atoms with Gasteiger partial charge in [0.15, 0.2) is 23.3 Å². The highest BCUT2D eigenvalue weighted by atomic mass is 79.9. The SMILES string of the molecule is COC(=O)[C@@H](OC(C)(C)C)c1c(C)nc2c(Br)c(-c3ccccc3)nn2c1-c1cc(F)c2c(c1C)CCCO2. The molecule has 0 saturated heterocycles. The lowest BCUT2D eigenvalue weighted by molar-refractivity contribution is -0.164. The Labute approximate surface area is 235 Å². The van der Waals surface area contributed by atoms with Crippen LogP contribution in [0.25, 0.3) is 28.2 Å². The number of carbonyl (C=O) groups excluding carboxylic acids is 1. The van der Waals surface area contributed by atoms with Gasteiger partial charge in [-0.15, -0.1) is 0 Å². The number of nitrogens with zero attached hydrogens (tertiary/aromatic N) is 3. The van der Waals surface area contributed by atoms with E-state index in [1.807, 2.05) is 65.0 Å². The molecule has 2 aromatic heterocycles. The van der Waals surface area contributed by atoms with Gasteiger partial charge in [0.2, 0.25) is 0 Å². The molecule has 1 atom stereocenters. The number of halogens is 2. The number of benzene rings is 2. The van der Waals surface area contributed by atoms with Crippen molar-refractivity contribution in [3.63, 3.8) is 0 Å². The van der Waals surface area contributed by atoms with Crippen LogP contribution in [0.15, 0.2) is 40.9 Å². The molecule has 0 spiro atoms. The largest absolute Gasteiger partial charge is 0.490 e. The molecule has 4 aromatic rings. The lowest BCUT2D eigenvalue weighted by atomic mass is 9.91. The molecule has 39 heavy (non-hydrogen) atoms. The molecule has 0 unspecified atom stereocenters. The molecule has 0 N–H and O–H groups in total. The summed E-state index contributed by atoms with van der Waals surface area (Å²) in [7, 11) is 1.32. The minimum absolute atomic E-state index is 0.285. The Morgan fingerprint density at radius 2 is 1.92 bits per heavy atom. The highest BCUT2D eigenvalue weighted by Gasteiger charge is 2.36. The third-order valence-corrected chi connectivity index (χ3v) is 7.55. The van der Waals surface area contributed by atoms with Gasteiger partial charge in [0.25, 0.3) is 0 Å². The van der Waals surface area contributed by atoms with Gasteiger partial charge in [0, 0.05) is 27.9 Å². The molecule has 0 fully saturated rings. The van der Waals surface area contributed by atoms with Crippen molar-refractivity contribution < 1.29 is 23.4 Å². The Hall–Kier alpha value is -3.30. The molecule has 9 heteroatoms. The van der Waals surface area contributed by atoms with Crippen molar-refractivity contribution >= 4 is 27.5 Å². The second kappa shape index (κ2) is 10.4. The van der Waals surface area contributed by atoms with E-state index in [0.717, 1.165) is 23.1 Å². The summed E-state index contributed by atoms with van der Waals surface area (Å²) in [4.78, 5) is 18.1. The maximum atomic E-state index is 15.6. The normalized spacial score (nSPS) is 14.2. The molecule has 204 valence electrons. The Balaban J connectivity index is 1.91. The molecule has 0 aliphatic carbocycles. The first-order valence-electron chi connectivity index (χ1n) is 12.9. The van der Waals surface area contributed by atoms with Gasteiger partial charge in [-0.25, -0.2) is 18.7 Å². The Morgan fingerprint density at radius 3 is 2.59 bits per heavy atom. The first-order chi connectivity index (χ1) is 18.5. The molecule has 0 amide bonds. The van der Waals surface area contributed by atoms with Crippen molar-refractivity contribution in [3.05, 3.63) is 69.1 Å². The lowest BCUT2D eigenvalue weighted by Crippen LogP contribution is -2.30. The summed E-state index contributed by atoms with van der Waals surface area (Å²) in [5, 5.41) is 4.95. The van der Waals surface area contributed by atoms with E-state index in [1.165, 1.54) is 13.2 Å². The number of hydrogen-bond donors (Lipinski definition) is 0. The number of aromatic nitrogens is 3. The van der Waals surface area contributed by atoms with Crippen LogP contribution < -0.4 is 4.74 Å². The fourth-order valence-electron chi connectivity index (χ4n) is 5.09. The zero-order valence-corrected chi connectivity index (χ0v) is 24.5. The van der Waals surface area contributed by atoms with Crippen LogP contribution in [0.3, 0.4) is 0 Å². The molecule has 0 radical (unpaired) electrons. The van der Waals surface area contributed by atoms with Gasteiger partial charge >= 0.3 is 5.97 Å². The van der Waals surface area contributed by atoms with Crippen LogP contribution in [0.5, 0.6) is 5.75 Å². The van der Waals surface area contributed by atoms with Gasteiger partial charge in [-0.1, -0.05) is 30.3 Å². The van der Waals surface area contributed by atoms with Gasteiger partial charge in [-0.3, -0.25) is 0 Å². The van der Waals surface area contributed by atoms with Crippen molar-refractivity contribution in [2.24, 2.45) is 0 Å². The highest BCUT2D eigenvalue weighted by Crippen LogP contribution is 2.43. The third-order valence-electron chi connectivity index (χ3n) is 6.82. The monoisotopic (exact) mass is 595 g/mol. The predicted octanol–water partition coefficient (Wildman–Crippen LogP) is 6.94. The molecule has 7 nitrogen and oxygen atoms in total. The van der Waals surface area contributed by atoms with Crippen molar-refractivity contribution in [2.45, 2.75) is 59.2 Å². The van der Waals surface area contributed by atoms with Gasteiger partial charge in [0.05, 0.1) is 29.5 Å². The van der Waals surface area contributed by atoms with E-state index in [-0.39, 0.29) is 5.75 Å². The molecule has 1 aliphatic heterocycles. The van der Waals surface area contributed by atoms with Crippen LogP contribution in [0.2, 0.25) is 0 Å². The van der Waals surface area contributed by atoms with Crippen molar-refractivity contribution in [2.75, 3.05) is 13.7 Å². The van der Waals surface area contributed by atoms with Crippen molar-refractivity contribution in [1.29, 1.82) is 0 Å². The van der Waals surface area contributed by atoms with Crippen LogP contribution in [0.4, 0.5) is 4.39 Å². The summed E-state index contributed by atoms with van der Waals surface area (Å²) in [5.74, 6) is -0.753. The number of fused-ring (bicyclic) bond motifs is 2. The molecule has 2 aromatic carbocycles. The maximum Gasteiger partial charge on any atom is 0.339 e. The quantitative estimate of drug-likeness (QED) is 0.233. The van der Waals surface area contributed by atoms with Crippen LogP contribution in [0, 0.1) is 19.7 Å². The average molecular weight is 596 g/mol. The van der Waals surface area contributed by atoms with Gasteiger partial charge in [-0.05, 0) is 75.0 Å². The fourth-order valence-corrected chi connectivity index (χ4v) is 5.65. The standard InChI is InChI=1S/C30H31BrFN3O4/c1-16-19-13-10-14-38-26(19)21(32)15-20(16)25-22(27(29(36)37-6)39-30(3,4)5)17(2)33-28-23(31)24(34-35(25)28)18-11-8-7-9-12-18/h7-9,11-12,15,27H,10,13-14H2,1-6H3/t27-/m0/s1. The summed E-state index contributed by atoms with van der Waals surface area (Å²) in [6.07, 6.45) is 0.350. The molecule has 1 aliphatic rings. The zero-order valence-electron chi connectivity index (χ0n) is 22.9. The number of rotatable bonds is 5. The van der Waals surface area contributed by atoms with E-state index in [0.29, 0.717) is 51.4 Å². The van der Waals surface area contributed by atoms with Crippen LogP contribution in [-0.4, -0.2) is 39.9 Å². The molecule has 5 rings (SSSR count). The molecular formula is C30H31BrFN3O4. The maximum absolute atomic E-state index is 15.6. The number of ether oxygens (including phenoxy) is 3. The van der Waals surface area contributed by atoms with Gasteiger partial charge in [-0.2, -0.15) is 5.10 Å². The summed E-state index contributed by atoms with van der Waals surface area (Å²) < 4.78 is 35.1. The Kier molecular flexibility index (Phi) is 7.24. The number of methoxy groups -OCH3 is 1. The van der Waals surface area contributed by atoms with E-state index in [2.05, 4.69) is 15.9 Å². The van der Waals surface area contributed by atoms with Crippen LogP contribution >= 0.6 is 15.9 Å². The van der Waals surface area contributed by atoms with E-state index in [9.17, 15) is 4.79 Å². The molecule has 0 bridgehead atoms. The third kappa shape index (κ3) is 4.94. The van der Waals surface area contributed by atoms with Crippen molar-refractivity contribution in [3.8, 4) is 28.3 Å². The number of hydrogen-bond acceptors (Lipinski definition) is 6. The Bertz CT molecular complexity index is 1580. The van der Waals surface area contributed by atoms with E-state index in [4.69, 9.17) is 24.3 Å². The lowest BCUT2D eigenvalue weighted by Gasteiger charge is -2.29. The summed E-state index contributed by atoms with van der Waals surface area (Å²) in [6, 6.07) is 11.2. The second-order valence-electron chi connectivity index (χ2n) is 10.6. The van der Waals surface area contributed by atoms with E-state index in [1.54, 1.807) is 4.52 Å². The highest BCUT2D eigenvalue weighted by molar-refractivity contribution is 9.10. The Morgan fingerprint density at radius 1 is 1.21 bits per heavy atom. The molecule has 3 heterocycles. The van der Waals surface area contributed by atoms with Crippen LogP contribution in [0.1, 0.15) is 55.7 Å². The molecule has 0 saturated carbocycles. The second-order valence-corrected chi connectivity index (χ2v) is 11.4. The smallest absolute Gasteiger partial charge is 0.339 e.